The molecule has 0 bridgehead atoms. The number of hydrogen-bond donors (Lipinski definition) is 1. The van der Waals surface area contributed by atoms with Gasteiger partial charge in [-0.15, -0.1) is 11.3 Å². The van der Waals surface area contributed by atoms with Gasteiger partial charge < -0.3 is 5.32 Å². The van der Waals surface area contributed by atoms with Crippen LogP contribution in [-0.2, 0) is 6.54 Å². The van der Waals surface area contributed by atoms with E-state index in [1.54, 1.807) is 0 Å². The van der Waals surface area contributed by atoms with Crippen LogP contribution in [0.4, 0.5) is 0 Å². The average Bonchev–Trinajstić information content (AvgIpc) is 2.41. The largest absolute Gasteiger partial charge is 0.310 e. The van der Waals surface area contributed by atoms with Crippen LogP contribution in [0.1, 0.15) is 35.6 Å². The summed E-state index contributed by atoms with van der Waals surface area (Å²) < 4.78 is 0. The van der Waals surface area contributed by atoms with Crippen molar-refractivity contribution in [2.75, 3.05) is 0 Å². The van der Waals surface area contributed by atoms with Crippen LogP contribution in [0.3, 0.4) is 0 Å². The van der Waals surface area contributed by atoms with Crippen LogP contribution in [0.2, 0.25) is 0 Å². The predicted octanol–water partition coefficient (Wildman–Crippen LogP) is 3.25. The van der Waals surface area contributed by atoms with Gasteiger partial charge in [-0.05, 0) is 38.8 Å². The topological polar surface area (TPSA) is 12.0 Å². The maximum Gasteiger partial charge on any atom is 0.0218 e. The van der Waals surface area contributed by atoms with Gasteiger partial charge in [-0.25, -0.2) is 0 Å². The van der Waals surface area contributed by atoms with Crippen molar-refractivity contribution in [1.82, 2.24) is 5.32 Å². The van der Waals surface area contributed by atoms with Crippen LogP contribution in [0, 0.1) is 13.8 Å². The SMILES string of the molecule is CCC(C)NCc1cc(C)sc1C. The fourth-order valence-electron chi connectivity index (χ4n) is 1.29. The van der Waals surface area contributed by atoms with Crippen LogP contribution >= 0.6 is 11.3 Å². The summed E-state index contributed by atoms with van der Waals surface area (Å²) in [6, 6.07) is 2.91. The van der Waals surface area contributed by atoms with E-state index in [4.69, 9.17) is 0 Å². The zero-order valence-corrected chi connectivity index (χ0v) is 9.79. The second kappa shape index (κ2) is 4.77. The molecule has 0 aromatic carbocycles. The third kappa shape index (κ3) is 3.12. The van der Waals surface area contributed by atoms with Gasteiger partial charge in [0.15, 0.2) is 0 Å². The zero-order chi connectivity index (χ0) is 9.84. The quantitative estimate of drug-likeness (QED) is 0.781. The normalized spacial score (nSPS) is 13.2. The Morgan fingerprint density at radius 1 is 1.46 bits per heavy atom. The highest BCUT2D eigenvalue weighted by molar-refractivity contribution is 7.12. The first-order chi connectivity index (χ1) is 6.13. The number of hydrogen-bond acceptors (Lipinski definition) is 2. The summed E-state index contributed by atoms with van der Waals surface area (Å²) in [6.45, 7) is 9.83. The summed E-state index contributed by atoms with van der Waals surface area (Å²) in [5.41, 5.74) is 1.46. The standard InChI is InChI=1S/C11H19NS/c1-5-8(2)12-7-11-6-9(3)13-10(11)4/h6,8,12H,5,7H2,1-4H3. The first-order valence-corrected chi connectivity index (χ1v) is 5.74. The van der Waals surface area contributed by atoms with E-state index in [2.05, 4.69) is 39.1 Å². The molecule has 0 spiro atoms. The molecule has 2 heteroatoms. The summed E-state index contributed by atoms with van der Waals surface area (Å²) in [4.78, 5) is 2.87. The molecule has 1 unspecified atom stereocenters. The van der Waals surface area contributed by atoms with Gasteiger partial charge in [0.2, 0.25) is 0 Å². The molecule has 1 rings (SSSR count). The first-order valence-electron chi connectivity index (χ1n) is 4.92. The molecule has 1 heterocycles. The van der Waals surface area contributed by atoms with E-state index in [1.165, 1.54) is 21.7 Å². The van der Waals surface area contributed by atoms with Crippen LogP contribution in [0.5, 0.6) is 0 Å². The first kappa shape index (κ1) is 10.7. The Hall–Kier alpha value is -0.340. The molecule has 0 aliphatic rings. The highest BCUT2D eigenvalue weighted by Gasteiger charge is 2.03. The number of rotatable bonds is 4. The van der Waals surface area contributed by atoms with E-state index >= 15 is 0 Å². The predicted molar refractivity (Wildman–Crippen MR) is 60.4 cm³/mol. The van der Waals surface area contributed by atoms with Crippen molar-refractivity contribution in [2.24, 2.45) is 0 Å². The third-order valence-electron chi connectivity index (χ3n) is 2.40. The van der Waals surface area contributed by atoms with E-state index < -0.39 is 0 Å². The minimum absolute atomic E-state index is 0.625. The summed E-state index contributed by atoms with van der Waals surface area (Å²) in [7, 11) is 0. The Morgan fingerprint density at radius 3 is 2.62 bits per heavy atom. The van der Waals surface area contributed by atoms with Gasteiger partial charge in [0.05, 0.1) is 0 Å². The minimum atomic E-state index is 0.625. The molecule has 1 nitrogen and oxygen atoms in total. The lowest BCUT2D eigenvalue weighted by Gasteiger charge is -2.10. The van der Waals surface area contributed by atoms with Crippen molar-refractivity contribution >= 4 is 11.3 Å². The molecule has 13 heavy (non-hydrogen) atoms. The number of thiophene rings is 1. The van der Waals surface area contributed by atoms with Gasteiger partial charge in [0, 0.05) is 22.3 Å². The Bertz CT molecular complexity index is 265. The summed E-state index contributed by atoms with van der Waals surface area (Å²) >= 11 is 1.89. The van der Waals surface area contributed by atoms with E-state index in [1.807, 2.05) is 11.3 Å². The zero-order valence-electron chi connectivity index (χ0n) is 8.98. The fraction of sp³-hybridized carbons (Fsp3) is 0.636. The Labute approximate surface area is 85.2 Å². The molecular weight excluding hydrogens is 178 g/mol. The summed E-state index contributed by atoms with van der Waals surface area (Å²) in [5, 5.41) is 3.51. The monoisotopic (exact) mass is 197 g/mol. The van der Waals surface area contributed by atoms with Crippen molar-refractivity contribution in [2.45, 2.75) is 46.7 Å². The lowest BCUT2D eigenvalue weighted by Crippen LogP contribution is -2.24. The van der Waals surface area contributed by atoms with Gasteiger partial charge in [-0.3, -0.25) is 0 Å². The van der Waals surface area contributed by atoms with Crippen molar-refractivity contribution in [1.29, 1.82) is 0 Å². The van der Waals surface area contributed by atoms with Gasteiger partial charge >= 0.3 is 0 Å². The smallest absolute Gasteiger partial charge is 0.0218 e. The van der Waals surface area contributed by atoms with E-state index in [0.717, 1.165) is 6.54 Å². The van der Waals surface area contributed by atoms with Crippen LogP contribution < -0.4 is 5.32 Å². The molecule has 0 aliphatic carbocycles. The second-order valence-corrected chi connectivity index (χ2v) is 5.09. The summed E-state index contributed by atoms with van der Waals surface area (Å²) in [6.07, 6.45) is 1.20. The van der Waals surface area contributed by atoms with Crippen LogP contribution in [0.15, 0.2) is 6.07 Å². The van der Waals surface area contributed by atoms with Crippen LogP contribution in [-0.4, -0.2) is 6.04 Å². The van der Waals surface area contributed by atoms with Crippen molar-refractivity contribution in [3.63, 3.8) is 0 Å². The van der Waals surface area contributed by atoms with E-state index in [-0.39, 0.29) is 0 Å². The average molecular weight is 197 g/mol. The maximum absolute atomic E-state index is 3.51. The molecular formula is C11H19NS. The molecule has 0 saturated carbocycles. The van der Waals surface area contributed by atoms with Gasteiger partial charge in [-0.1, -0.05) is 6.92 Å². The van der Waals surface area contributed by atoms with Crippen molar-refractivity contribution in [3.8, 4) is 0 Å². The molecule has 1 aromatic rings. The molecule has 1 N–H and O–H groups in total. The van der Waals surface area contributed by atoms with Crippen LogP contribution in [0.25, 0.3) is 0 Å². The molecule has 0 aliphatic heterocycles. The van der Waals surface area contributed by atoms with E-state index in [0.29, 0.717) is 6.04 Å². The lowest BCUT2D eigenvalue weighted by molar-refractivity contribution is 0.534. The third-order valence-corrected chi connectivity index (χ3v) is 3.41. The van der Waals surface area contributed by atoms with Gasteiger partial charge in [-0.2, -0.15) is 0 Å². The van der Waals surface area contributed by atoms with Crippen molar-refractivity contribution in [3.05, 3.63) is 21.4 Å². The molecule has 0 amide bonds. The highest BCUT2D eigenvalue weighted by Crippen LogP contribution is 2.20. The Morgan fingerprint density at radius 2 is 2.15 bits per heavy atom. The van der Waals surface area contributed by atoms with Crippen molar-refractivity contribution < 1.29 is 0 Å². The highest BCUT2D eigenvalue weighted by atomic mass is 32.1. The minimum Gasteiger partial charge on any atom is -0.310 e. The summed E-state index contributed by atoms with van der Waals surface area (Å²) in [5.74, 6) is 0. The molecule has 1 atom stereocenters. The molecule has 0 radical (unpaired) electrons. The molecule has 74 valence electrons. The van der Waals surface area contributed by atoms with Gasteiger partial charge in [0.25, 0.3) is 0 Å². The lowest BCUT2D eigenvalue weighted by atomic mass is 10.2. The van der Waals surface area contributed by atoms with Gasteiger partial charge in [0.1, 0.15) is 0 Å². The molecule has 0 saturated heterocycles. The fourth-order valence-corrected chi connectivity index (χ4v) is 2.23. The van der Waals surface area contributed by atoms with E-state index in [9.17, 15) is 0 Å². The number of aryl methyl sites for hydroxylation is 2. The molecule has 1 aromatic heterocycles. The number of nitrogens with one attached hydrogen (secondary N) is 1. The Kier molecular flexibility index (Phi) is 3.94. The molecule has 0 fully saturated rings. The second-order valence-electron chi connectivity index (χ2n) is 3.63. The maximum atomic E-state index is 3.51. The Balaban J connectivity index is 2.49.